The molecule has 0 radical (unpaired) electrons. The van der Waals surface area contributed by atoms with Crippen molar-refractivity contribution in [2.45, 2.75) is 5.92 Å². The summed E-state index contributed by atoms with van der Waals surface area (Å²) in [6.45, 7) is 0.585. The van der Waals surface area contributed by atoms with Crippen molar-refractivity contribution < 1.29 is 13.9 Å². The first-order valence-electron chi connectivity index (χ1n) is 5.94. The number of hydrogen-bond donors (Lipinski definition) is 1. The summed E-state index contributed by atoms with van der Waals surface area (Å²) in [4.78, 5) is 11.7. The van der Waals surface area contributed by atoms with E-state index in [2.05, 4.69) is 9.97 Å². The lowest BCUT2D eigenvalue weighted by atomic mass is 10.2. The van der Waals surface area contributed by atoms with Gasteiger partial charge in [0, 0.05) is 26.2 Å². The Hall–Kier alpha value is -1.05. The number of aliphatic hydroxyl groups is 1. The summed E-state index contributed by atoms with van der Waals surface area (Å²) < 4.78 is 26.1. The number of rotatable bonds is 4. The van der Waals surface area contributed by atoms with E-state index in [0.29, 0.717) is 37.1 Å². The molecule has 0 aliphatic carbocycles. The van der Waals surface area contributed by atoms with E-state index in [1.165, 1.54) is 12.4 Å². The molecule has 1 aliphatic heterocycles. The summed E-state index contributed by atoms with van der Waals surface area (Å²) in [6, 6.07) is 0. The van der Waals surface area contributed by atoms with Gasteiger partial charge in [-0.3, -0.25) is 4.90 Å². The van der Waals surface area contributed by atoms with Gasteiger partial charge in [0.2, 0.25) is 5.95 Å². The van der Waals surface area contributed by atoms with Gasteiger partial charge in [-0.1, -0.05) is 11.6 Å². The van der Waals surface area contributed by atoms with Gasteiger partial charge in [-0.25, -0.2) is 18.7 Å². The van der Waals surface area contributed by atoms with Crippen LogP contribution in [0, 0.1) is 0 Å². The van der Waals surface area contributed by atoms with Gasteiger partial charge in [-0.05, 0) is 0 Å². The van der Waals surface area contributed by atoms with Crippen LogP contribution in [0.2, 0.25) is 5.02 Å². The van der Waals surface area contributed by atoms with Crippen molar-refractivity contribution in [1.82, 2.24) is 14.9 Å². The Morgan fingerprint density at radius 3 is 2.32 bits per heavy atom. The first kappa shape index (κ1) is 14.4. The maximum Gasteiger partial charge on any atom is 0.283 e. The summed E-state index contributed by atoms with van der Waals surface area (Å²) in [6.07, 6.45) is 3.02. The van der Waals surface area contributed by atoms with Crippen LogP contribution in [-0.4, -0.2) is 65.2 Å². The molecular formula is C11H15ClF2N4O. The molecule has 0 bridgehead atoms. The third-order valence-corrected chi connectivity index (χ3v) is 3.14. The Labute approximate surface area is 114 Å². The zero-order valence-electron chi connectivity index (χ0n) is 10.3. The zero-order valence-corrected chi connectivity index (χ0v) is 11.0. The van der Waals surface area contributed by atoms with Gasteiger partial charge in [0.25, 0.3) is 5.92 Å². The van der Waals surface area contributed by atoms with Crippen LogP contribution in [0.4, 0.5) is 14.7 Å². The number of hydrogen-bond acceptors (Lipinski definition) is 5. The Bertz CT molecular complexity index is 410. The van der Waals surface area contributed by atoms with Crippen LogP contribution >= 0.6 is 11.6 Å². The van der Waals surface area contributed by atoms with Crippen LogP contribution < -0.4 is 4.90 Å². The Balaban J connectivity index is 1.87. The third kappa shape index (κ3) is 3.95. The lowest BCUT2D eigenvalue weighted by Gasteiger charge is -2.35. The fraction of sp³-hybridized carbons (Fsp3) is 0.636. The monoisotopic (exact) mass is 292 g/mol. The summed E-state index contributed by atoms with van der Waals surface area (Å²) in [5, 5.41) is 9.02. The molecule has 1 aromatic heterocycles. The highest BCUT2D eigenvalue weighted by atomic mass is 35.5. The van der Waals surface area contributed by atoms with Crippen molar-refractivity contribution in [3.63, 3.8) is 0 Å². The second-order valence-corrected chi connectivity index (χ2v) is 4.91. The van der Waals surface area contributed by atoms with Crippen molar-refractivity contribution >= 4 is 17.5 Å². The second kappa shape index (κ2) is 5.94. The lowest BCUT2D eigenvalue weighted by molar-refractivity contribution is -0.0733. The number of alkyl halides is 2. The second-order valence-electron chi connectivity index (χ2n) is 4.48. The summed E-state index contributed by atoms with van der Waals surface area (Å²) in [5.41, 5.74) is 0. The van der Waals surface area contributed by atoms with Crippen LogP contribution in [-0.2, 0) is 0 Å². The van der Waals surface area contributed by atoms with Gasteiger partial charge in [0.15, 0.2) is 0 Å². The first-order chi connectivity index (χ1) is 9.00. The fourth-order valence-corrected chi connectivity index (χ4v) is 2.05. The topological polar surface area (TPSA) is 52.5 Å². The Morgan fingerprint density at radius 2 is 1.79 bits per heavy atom. The lowest BCUT2D eigenvalue weighted by Crippen LogP contribution is -2.51. The molecule has 5 nitrogen and oxygen atoms in total. The predicted molar refractivity (Wildman–Crippen MR) is 67.7 cm³/mol. The van der Waals surface area contributed by atoms with Crippen molar-refractivity contribution in [2.75, 3.05) is 44.2 Å². The minimum Gasteiger partial charge on any atom is -0.390 e. The van der Waals surface area contributed by atoms with Gasteiger partial charge in [0.05, 0.1) is 24.0 Å². The standard InChI is InChI=1S/C11H15ClF2N4O/c12-9-5-15-10(16-6-9)18-3-1-17(2-4-18)7-11(13,14)8-19/h5-6,19H,1-4,7-8H2. The molecule has 0 atom stereocenters. The summed E-state index contributed by atoms with van der Waals surface area (Å²) in [5.74, 6) is -2.49. The molecule has 1 N–H and O–H groups in total. The molecule has 0 amide bonds. The molecule has 0 aromatic carbocycles. The van der Waals surface area contributed by atoms with Gasteiger partial charge in [-0.2, -0.15) is 0 Å². The fourth-order valence-electron chi connectivity index (χ4n) is 1.95. The average molecular weight is 293 g/mol. The largest absolute Gasteiger partial charge is 0.390 e. The molecule has 1 saturated heterocycles. The van der Waals surface area contributed by atoms with Crippen molar-refractivity contribution in [3.8, 4) is 0 Å². The number of aliphatic hydroxyl groups excluding tert-OH is 1. The maximum absolute atomic E-state index is 13.1. The van der Waals surface area contributed by atoms with Gasteiger partial charge in [0.1, 0.15) is 6.61 Å². The van der Waals surface area contributed by atoms with Gasteiger partial charge in [-0.15, -0.1) is 0 Å². The number of nitrogens with zero attached hydrogens (tertiary/aromatic N) is 4. The van der Waals surface area contributed by atoms with E-state index in [1.54, 1.807) is 4.90 Å². The molecule has 1 aliphatic rings. The summed E-state index contributed by atoms with van der Waals surface area (Å²) >= 11 is 5.70. The van der Waals surface area contributed by atoms with Crippen molar-refractivity contribution in [1.29, 1.82) is 0 Å². The molecule has 2 rings (SSSR count). The molecule has 19 heavy (non-hydrogen) atoms. The smallest absolute Gasteiger partial charge is 0.283 e. The SMILES string of the molecule is OCC(F)(F)CN1CCN(c2ncc(Cl)cn2)CC1. The van der Waals surface area contributed by atoms with Gasteiger partial charge >= 0.3 is 0 Å². The van der Waals surface area contributed by atoms with Gasteiger partial charge < -0.3 is 10.0 Å². The quantitative estimate of drug-likeness (QED) is 0.893. The normalized spacial score (nSPS) is 17.8. The van der Waals surface area contributed by atoms with E-state index in [0.717, 1.165) is 0 Å². The molecule has 1 aromatic rings. The van der Waals surface area contributed by atoms with E-state index < -0.39 is 19.1 Å². The molecule has 8 heteroatoms. The maximum atomic E-state index is 13.1. The Kier molecular flexibility index (Phi) is 4.49. The van der Waals surface area contributed by atoms with E-state index in [1.807, 2.05) is 4.90 Å². The highest BCUT2D eigenvalue weighted by Crippen LogP contribution is 2.17. The average Bonchev–Trinajstić information content (AvgIpc) is 2.40. The van der Waals surface area contributed by atoms with Crippen LogP contribution in [0.1, 0.15) is 0 Å². The van der Waals surface area contributed by atoms with E-state index in [9.17, 15) is 8.78 Å². The third-order valence-electron chi connectivity index (χ3n) is 2.95. The number of piperazine rings is 1. The van der Waals surface area contributed by atoms with E-state index >= 15 is 0 Å². The molecule has 0 unspecified atom stereocenters. The predicted octanol–water partition coefficient (Wildman–Crippen LogP) is 0.880. The van der Waals surface area contributed by atoms with Crippen molar-refractivity contribution in [3.05, 3.63) is 17.4 Å². The minimum atomic E-state index is -3.04. The first-order valence-corrected chi connectivity index (χ1v) is 6.31. The highest BCUT2D eigenvalue weighted by molar-refractivity contribution is 6.30. The minimum absolute atomic E-state index is 0.418. The molecule has 1 fully saturated rings. The molecule has 106 valence electrons. The highest BCUT2D eigenvalue weighted by Gasteiger charge is 2.32. The van der Waals surface area contributed by atoms with E-state index in [4.69, 9.17) is 16.7 Å². The van der Waals surface area contributed by atoms with Crippen LogP contribution in [0.3, 0.4) is 0 Å². The molecule has 2 heterocycles. The molecule has 0 saturated carbocycles. The van der Waals surface area contributed by atoms with Crippen LogP contribution in [0.5, 0.6) is 0 Å². The number of halogens is 3. The summed E-state index contributed by atoms with van der Waals surface area (Å²) in [7, 11) is 0. The Morgan fingerprint density at radius 1 is 1.21 bits per heavy atom. The zero-order chi connectivity index (χ0) is 13.9. The van der Waals surface area contributed by atoms with E-state index in [-0.39, 0.29) is 0 Å². The number of aromatic nitrogens is 2. The molecular weight excluding hydrogens is 278 g/mol. The van der Waals surface area contributed by atoms with Crippen LogP contribution in [0.25, 0.3) is 0 Å². The number of anilines is 1. The van der Waals surface area contributed by atoms with Crippen molar-refractivity contribution in [2.24, 2.45) is 0 Å². The van der Waals surface area contributed by atoms with Crippen LogP contribution in [0.15, 0.2) is 12.4 Å². The molecule has 0 spiro atoms.